The SMILES string of the molecule is CCCCCCCCCCNCC1(N(C)C)CCCCC1. The fraction of sp³-hybridized carbons (Fsp3) is 1.00. The molecule has 1 saturated carbocycles. The minimum atomic E-state index is 0.443. The van der Waals surface area contributed by atoms with Crippen molar-refractivity contribution in [3.05, 3.63) is 0 Å². The molecule has 0 saturated heterocycles. The fourth-order valence-corrected chi connectivity index (χ4v) is 3.70. The molecule has 0 bridgehead atoms. The van der Waals surface area contributed by atoms with Crippen LogP contribution in [-0.4, -0.2) is 37.6 Å². The average molecular weight is 297 g/mol. The first kappa shape index (κ1) is 19.0. The quantitative estimate of drug-likeness (QED) is 0.511. The Kier molecular flexibility index (Phi) is 10.4. The molecular weight excluding hydrogens is 256 g/mol. The smallest absolute Gasteiger partial charge is 0.0327 e. The van der Waals surface area contributed by atoms with Crippen LogP contribution in [0.1, 0.15) is 90.4 Å². The van der Waals surface area contributed by atoms with Crippen LogP contribution in [0.15, 0.2) is 0 Å². The van der Waals surface area contributed by atoms with Gasteiger partial charge in [0.25, 0.3) is 0 Å². The van der Waals surface area contributed by atoms with Crippen LogP contribution in [0, 0.1) is 0 Å². The van der Waals surface area contributed by atoms with Crippen LogP contribution >= 0.6 is 0 Å². The summed E-state index contributed by atoms with van der Waals surface area (Å²) in [6, 6.07) is 0. The molecule has 126 valence electrons. The summed E-state index contributed by atoms with van der Waals surface area (Å²) in [5.74, 6) is 0. The molecule has 0 aromatic rings. The van der Waals surface area contributed by atoms with Gasteiger partial charge in [-0.05, 0) is 39.9 Å². The van der Waals surface area contributed by atoms with Gasteiger partial charge in [0.15, 0.2) is 0 Å². The van der Waals surface area contributed by atoms with Gasteiger partial charge in [-0.25, -0.2) is 0 Å². The first-order valence-electron chi connectivity index (χ1n) is 9.59. The summed E-state index contributed by atoms with van der Waals surface area (Å²) >= 11 is 0. The van der Waals surface area contributed by atoms with E-state index in [9.17, 15) is 0 Å². The van der Waals surface area contributed by atoms with Gasteiger partial charge in [-0.1, -0.05) is 71.1 Å². The fourth-order valence-electron chi connectivity index (χ4n) is 3.70. The lowest BCUT2D eigenvalue weighted by atomic mass is 9.80. The van der Waals surface area contributed by atoms with Crippen molar-refractivity contribution in [3.63, 3.8) is 0 Å². The van der Waals surface area contributed by atoms with Gasteiger partial charge in [-0.2, -0.15) is 0 Å². The van der Waals surface area contributed by atoms with Crippen LogP contribution < -0.4 is 5.32 Å². The van der Waals surface area contributed by atoms with E-state index in [2.05, 4.69) is 31.2 Å². The molecule has 0 aromatic carbocycles. The normalized spacial score (nSPS) is 18.3. The summed E-state index contributed by atoms with van der Waals surface area (Å²) in [5.41, 5.74) is 0.443. The second-order valence-electron chi connectivity index (χ2n) is 7.33. The number of nitrogens with one attached hydrogen (secondary N) is 1. The second-order valence-corrected chi connectivity index (χ2v) is 7.33. The Labute approximate surface area is 134 Å². The molecule has 0 amide bonds. The van der Waals surface area contributed by atoms with E-state index in [1.807, 2.05) is 0 Å². The van der Waals surface area contributed by atoms with Gasteiger partial charge in [0.1, 0.15) is 0 Å². The maximum absolute atomic E-state index is 3.75. The Bertz CT molecular complexity index is 232. The van der Waals surface area contributed by atoms with Crippen LogP contribution in [0.3, 0.4) is 0 Å². The predicted molar refractivity (Wildman–Crippen MR) is 95.0 cm³/mol. The third-order valence-electron chi connectivity index (χ3n) is 5.39. The minimum absolute atomic E-state index is 0.443. The summed E-state index contributed by atoms with van der Waals surface area (Å²) in [6.07, 6.45) is 18.4. The third-order valence-corrected chi connectivity index (χ3v) is 5.39. The highest BCUT2D eigenvalue weighted by molar-refractivity contribution is 4.92. The first-order valence-corrected chi connectivity index (χ1v) is 9.59. The second kappa shape index (κ2) is 11.5. The van der Waals surface area contributed by atoms with Gasteiger partial charge in [0, 0.05) is 12.1 Å². The van der Waals surface area contributed by atoms with Crippen LogP contribution in [0.4, 0.5) is 0 Å². The molecule has 0 radical (unpaired) electrons. The lowest BCUT2D eigenvalue weighted by molar-refractivity contribution is 0.0988. The van der Waals surface area contributed by atoms with E-state index in [1.54, 1.807) is 0 Å². The van der Waals surface area contributed by atoms with Gasteiger partial charge >= 0.3 is 0 Å². The molecule has 0 unspecified atom stereocenters. The lowest BCUT2D eigenvalue weighted by Gasteiger charge is -2.43. The van der Waals surface area contributed by atoms with Crippen molar-refractivity contribution in [1.29, 1.82) is 0 Å². The zero-order chi connectivity index (χ0) is 15.4. The average Bonchev–Trinajstić information content (AvgIpc) is 2.50. The van der Waals surface area contributed by atoms with Crippen molar-refractivity contribution >= 4 is 0 Å². The predicted octanol–water partition coefficient (Wildman–Crippen LogP) is 4.98. The molecule has 0 aliphatic heterocycles. The Morgan fingerprint density at radius 2 is 1.38 bits per heavy atom. The monoisotopic (exact) mass is 296 g/mol. The molecule has 1 aliphatic rings. The van der Waals surface area contributed by atoms with Gasteiger partial charge in [-0.15, -0.1) is 0 Å². The Morgan fingerprint density at radius 1 is 0.810 bits per heavy atom. The van der Waals surface area contributed by atoms with Crippen molar-refractivity contribution in [2.75, 3.05) is 27.2 Å². The topological polar surface area (TPSA) is 15.3 Å². The van der Waals surface area contributed by atoms with Crippen molar-refractivity contribution in [2.45, 2.75) is 95.9 Å². The molecule has 0 heterocycles. The number of likely N-dealkylation sites (N-methyl/N-ethyl adjacent to an activating group) is 1. The molecule has 2 nitrogen and oxygen atoms in total. The minimum Gasteiger partial charge on any atom is -0.315 e. The van der Waals surface area contributed by atoms with E-state index < -0.39 is 0 Å². The zero-order valence-electron chi connectivity index (χ0n) is 15.1. The molecule has 1 N–H and O–H groups in total. The van der Waals surface area contributed by atoms with Gasteiger partial charge in [0.05, 0.1) is 0 Å². The largest absolute Gasteiger partial charge is 0.315 e. The van der Waals surface area contributed by atoms with Crippen LogP contribution in [0.25, 0.3) is 0 Å². The summed E-state index contributed by atoms with van der Waals surface area (Å²) < 4.78 is 0. The number of hydrogen-bond acceptors (Lipinski definition) is 2. The molecule has 2 heteroatoms. The van der Waals surface area contributed by atoms with Crippen LogP contribution in [0.2, 0.25) is 0 Å². The van der Waals surface area contributed by atoms with E-state index in [4.69, 9.17) is 0 Å². The van der Waals surface area contributed by atoms with Crippen molar-refractivity contribution < 1.29 is 0 Å². The molecule has 1 rings (SSSR count). The van der Waals surface area contributed by atoms with E-state index in [-0.39, 0.29) is 0 Å². The van der Waals surface area contributed by atoms with Crippen LogP contribution in [0.5, 0.6) is 0 Å². The Hall–Kier alpha value is -0.0800. The summed E-state index contributed by atoms with van der Waals surface area (Å²) in [7, 11) is 4.53. The Morgan fingerprint density at radius 3 is 1.95 bits per heavy atom. The lowest BCUT2D eigenvalue weighted by Crippen LogP contribution is -2.52. The standard InChI is InChI=1S/C19H40N2/c1-4-5-6-7-8-9-10-14-17-20-18-19(21(2)3)15-12-11-13-16-19/h20H,4-18H2,1-3H3. The molecule has 1 fully saturated rings. The molecule has 1 aliphatic carbocycles. The Balaban J connectivity index is 1.99. The number of hydrogen-bond donors (Lipinski definition) is 1. The van der Waals surface area contributed by atoms with Crippen molar-refractivity contribution in [2.24, 2.45) is 0 Å². The summed E-state index contributed by atoms with van der Waals surface area (Å²) in [4.78, 5) is 2.48. The van der Waals surface area contributed by atoms with Gasteiger partial charge < -0.3 is 10.2 Å². The number of nitrogens with zero attached hydrogens (tertiary/aromatic N) is 1. The van der Waals surface area contributed by atoms with Crippen LogP contribution in [-0.2, 0) is 0 Å². The van der Waals surface area contributed by atoms with E-state index >= 15 is 0 Å². The highest BCUT2D eigenvalue weighted by atomic mass is 15.2. The van der Waals surface area contributed by atoms with Crippen molar-refractivity contribution in [1.82, 2.24) is 10.2 Å². The van der Waals surface area contributed by atoms with E-state index in [1.165, 1.54) is 96.6 Å². The molecule has 0 spiro atoms. The summed E-state index contributed by atoms with van der Waals surface area (Å²) in [6.45, 7) is 4.69. The van der Waals surface area contributed by atoms with Crippen molar-refractivity contribution in [3.8, 4) is 0 Å². The maximum Gasteiger partial charge on any atom is 0.0327 e. The highest BCUT2D eigenvalue weighted by Crippen LogP contribution is 2.31. The highest BCUT2D eigenvalue weighted by Gasteiger charge is 2.33. The van der Waals surface area contributed by atoms with Gasteiger partial charge in [0.2, 0.25) is 0 Å². The molecule has 0 atom stereocenters. The zero-order valence-corrected chi connectivity index (χ0v) is 15.1. The molecule has 21 heavy (non-hydrogen) atoms. The third kappa shape index (κ3) is 7.65. The van der Waals surface area contributed by atoms with E-state index in [0.717, 1.165) is 0 Å². The maximum atomic E-state index is 3.75. The number of unbranched alkanes of at least 4 members (excludes halogenated alkanes) is 7. The van der Waals surface area contributed by atoms with E-state index in [0.29, 0.717) is 5.54 Å². The molecular formula is C19H40N2. The molecule has 0 aromatic heterocycles. The number of rotatable bonds is 12. The summed E-state index contributed by atoms with van der Waals surface area (Å²) in [5, 5.41) is 3.75. The van der Waals surface area contributed by atoms with Gasteiger partial charge in [-0.3, -0.25) is 0 Å². The first-order chi connectivity index (χ1) is 10.2.